The van der Waals surface area contributed by atoms with Gasteiger partial charge in [0.2, 0.25) is 5.91 Å². The summed E-state index contributed by atoms with van der Waals surface area (Å²) in [5.41, 5.74) is 1.86. The molecule has 7 nitrogen and oxygen atoms in total. The molecule has 1 heterocycles. The minimum absolute atomic E-state index is 0.206. The zero-order chi connectivity index (χ0) is 22.4. The van der Waals surface area contributed by atoms with Crippen molar-refractivity contribution in [2.75, 3.05) is 11.9 Å². The minimum Gasteiger partial charge on any atom is -0.340 e. The quantitative estimate of drug-likeness (QED) is 0.439. The SMILES string of the molecule is CCN(C#N)C(=O)C(Cc1csc2ccccc12)NC(=O)c1ccc(NC(C)=O)cc1. The molecule has 31 heavy (non-hydrogen) atoms. The molecule has 2 aromatic carbocycles. The van der Waals surface area contributed by atoms with Gasteiger partial charge in [0.1, 0.15) is 6.04 Å². The third kappa shape index (κ3) is 5.27. The zero-order valence-corrected chi connectivity index (χ0v) is 18.0. The molecule has 2 N–H and O–H groups in total. The van der Waals surface area contributed by atoms with Crippen LogP contribution < -0.4 is 10.6 Å². The molecule has 3 amide bonds. The number of thiophene rings is 1. The number of hydrogen-bond acceptors (Lipinski definition) is 5. The van der Waals surface area contributed by atoms with E-state index in [0.29, 0.717) is 11.3 Å². The van der Waals surface area contributed by atoms with Crippen LogP contribution in [-0.2, 0) is 16.0 Å². The van der Waals surface area contributed by atoms with Gasteiger partial charge >= 0.3 is 0 Å². The van der Waals surface area contributed by atoms with E-state index in [1.807, 2.05) is 35.8 Å². The second kappa shape index (κ2) is 9.87. The van der Waals surface area contributed by atoms with Crippen molar-refractivity contribution in [3.05, 3.63) is 65.0 Å². The van der Waals surface area contributed by atoms with E-state index in [-0.39, 0.29) is 18.9 Å². The Bertz CT molecular complexity index is 1150. The van der Waals surface area contributed by atoms with Gasteiger partial charge in [-0.25, -0.2) is 4.90 Å². The van der Waals surface area contributed by atoms with Gasteiger partial charge in [-0.1, -0.05) is 18.2 Å². The number of carbonyl (C=O) groups excluding carboxylic acids is 3. The van der Waals surface area contributed by atoms with E-state index in [1.54, 1.807) is 42.5 Å². The molecule has 1 aromatic heterocycles. The van der Waals surface area contributed by atoms with E-state index in [4.69, 9.17) is 0 Å². The number of nitrogens with one attached hydrogen (secondary N) is 2. The summed E-state index contributed by atoms with van der Waals surface area (Å²) in [7, 11) is 0. The highest BCUT2D eigenvalue weighted by atomic mass is 32.1. The fourth-order valence-corrected chi connectivity index (χ4v) is 4.20. The first-order valence-electron chi connectivity index (χ1n) is 9.77. The maximum absolute atomic E-state index is 13.0. The highest BCUT2D eigenvalue weighted by Crippen LogP contribution is 2.27. The fraction of sp³-hybridized carbons (Fsp3) is 0.217. The lowest BCUT2D eigenvalue weighted by Gasteiger charge is -2.21. The largest absolute Gasteiger partial charge is 0.340 e. The third-order valence-corrected chi connectivity index (χ3v) is 5.77. The van der Waals surface area contributed by atoms with Gasteiger partial charge in [-0.2, -0.15) is 5.26 Å². The molecule has 0 aliphatic heterocycles. The van der Waals surface area contributed by atoms with Crippen molar-refractivity contribution >= 4 is 44.8 Å². The smallest absolute Gasteiger partial charge is 0.258 e. The predicted octanol–water partition coefficient (Wildman–Crippen LogP) is 3.53. The molecule has 3 aromatic rings. The average molecular weight is 435 g/mol. The fourth-order valence-electron chi connectivity index (χ4n) is 3.22. The van der Waals surface area contributed by atoms with Crippen molar-refractivity contribution < 1.29 is 14.4 Å². The van der Waals surface area contributed by atoms with Gasteiger partial charge in [-0.3, -0.25) is 14.4 Å². The van der Waals surface area contributed by atoms with Crippen LogP contribution in [0.4, 0.5) is 5.69 Å². The molecule has 8 heteroatoms. The van der Waals surface area contributed by atoms with E-state index in [9.17, 15) is 19.6 Å². The van der Waals surface area contributed by atoms with Crippen molar-refractivity contribution in [3.8, 4) is 6.19 Å². The Morgan fingerprint density at radius 2 is 1.84 bits per heavy atom. The van der Waals surface area contributed by atoms with Gasteiger partial charge in [-0.15, -0.1) is 11.3 Å². The summed E-state index contributed by atoms with van der Waals surface area (Å²) >= 11 is 1.57. The monoisotopic (exact) mass is 434 g/mol. The van der Waals surface area contributed by atoms with Gasteiger partial charge in [-0.05, 0) is 53.6 Å². The van der Waals surface area contributed by atoms with Crippen molar-refractivity contribution in [1.29, 1.82) is 5.26 Å². The number of amides is 3. The topological polar surface area (TPSA) is 102 Å². The van der Waals surface area contributed by atoms with Gasteiger partial charge in [0.05, 0.1) is 0 Å². The van der Waals surface area contributed by atoms with Crippen LogP contribution in [0.1, 0.15) is 29.8 Å². The summed E-state index contributed by atoms with van der Waals surface area (Å²) < 4.78 is 1.09. The van der Waals surface area contributed by atoms with Crippen LogP contribution >= 0.6 is 11.3 Å². The molecule has 0 aliphatic rings. The van der Waals surface area contributed by atoms with E-state index in [2.05, 4.69) is 10.6 Å². The summed E-state index contributed by atoms with van der Waals surface area (Å²) in [6.45, 7) is 3.33. The predicted molar refractivity (Wildman–Crippen MR) is 121 cm³/mol. The van der Waals surface area contributed by atoms with Crippen molar-refractivity contribution in [2.24, 2.45) is 0 Å². The van der Waals surface area contributed by atoms with Crippen molar-refractivity contribution in [2.45, 2.75) is 26.3 Å². The Labute approximate surface area is 184 Å². The highest BCUT2D eigenvalue weighted by Gasteiger charge is 2.27. The number of hydrogen-bond donors (Lipinski definition) is 2. The Morgan fingerprint density at radius 3 is 2.48 bits per heavy atom. The van der Waals surface area contributed by atoms with Crippen LogP contribution in [0, 0.1) is 11.5 Å². The lowest BCUT2D eigenvalue weighted by molar-refractivity contribution is -0.130. The van der Waals surface area contributed by atoms with Crippen molar-refractivity contribution in [1.82, 2.24) is 10.2 Å². The molecule has 1 atom stereocenters. The maximum Gasteiger partial charge on any atom is 0.258 e. The Hall–Kier alpha value is -3.70. The number of anilines is 1. The molecule has 3 rings (SSSR count). The van der Waals surface area contributed by atoms with Gasteiger partial charge < -0.3 is 10.6 Å². The molecular formula is C23H22N4O3S. The number of likely N-dealkylation sites (N-methyl/N-ethyl adjacent to an activating group) is 1. The van der Waals surface area contributed by atoms with Gasteiger partial charge in [0.25, 0.3) is 11.8 Å². The number of nitriles is 1. The molecule has 0 aliphatic carbocycles. The number of carbonyl (C=O) groups is 3. The number of benzene rings is 2. The minimum atomic E-state index is -0.889. The Kier molecular flexibility index (Phi) is 7.00. The summed E-state index contributed by atoms with van der Waals surface area (Å²) in [4.78, 5) is 38.0. The zero-order valence-electron chi connectivity index (χ0n) is 17.2. The molecule has 0 saturated heterocycles. The molecule has 158 valence electrons. The molecule has 0 radical (unpaired) electrons. The highest BCUT2D eigenvalue weighted by molar-refractivity contribution is 7.17. The first-order chi connectivity index (χ1) is 14.9. The standard InChI is InChI=1S/C23H22N4O3S/c1-3-27(14-24)23(30)20(12-17-13-31-21-7-5-4-6-19(17)21)26-22(29)16-8-10-18(11-9-16)25-15(2)28/h4-11,13,20H,3,12H2,1-2H3,(H,25,28)(H,26,29). The van der Waals surface area contributed by atoms with Crippen molar-refractivity contribution in [3.63, 3.8) is 0 Å². The first kappa shape index (κ1) is 22.0. The molecular weight excluding hydrogens is 412 g/mol. The summed E-state index contributed by atoms with van der Waals surface area (Å²) in [5.74, 6) is -1.09. The summed E-state index contributed by atoms with van der Waals surface area (Å²) in [6, 6.07) is 13.4. The normalized spacial score (nSPS) is 11.4. The van der Waals surface area contributed by atoms with Crippen LogP contribution in [0.25, 0.3) is 10.1 Å². The first-order valence-corrected chi connectivity index (χ1v) is 10.7. The van der Waals surface area contributed by atoms with E-state index in [1.165, 1.54) is 6.92 Å². The summed E-state index contributed by atoms with van der Waals surface area (Å²) in [5, 5.41) is 17.7. The van der Waals surface area contributed by atoms with Crippen LogP contribution in [0.5, 0.6) is 0 Å². The average Bonchev–Trinajstić information content (AvgIpc) is 3.17. The second-order valence-electron chi connectivity index (χ2n) is 6.93. The van der Waals surface area contributed by atoms with E-state index >= 15 is 0 Å². The van der Waals surface area contributed by atoms with Crippen LogP contribution in [0.15, 0.2) is 53.9 Å². The lowest BCUT2D eigenvalue weighted by atomic mass is 10.0. The molecule has 0 spiro atoms. The number of nitrogens with zero attached hydrogens (tertiary/aromatic N) is 2. The van der Waals surface area contributed by atoms with Gasteiger partial charge in [0.15, 0.2) is 6.19 Å². The van der Waals surface area contributed by atoms with E-state index in [0.717, 1.165) is 20.5 Å². The number of rotatable bonds is 7. The van der Waals surface area contributed by atoms with Gasteiger partial charge in [0, 0.05) is 35.8 Å². The Balaban J connectivity index is 1.84. The molecule has 0 saturated carbocycles. The molecule has 1 unspecified atom stereocenters. The van der Waals surface area contributed by atoms with Crippen LogP contribution in [0.3, 0.4) is 0 Å². The third-order valence-electron chi connectivity index (χ3n) is 4.76. The second-order valence-corrected chi connectivity index (χ2v) is 7.84. The van der Waals surface area contributed by atoms with Crippen LogP contribution in [-0.4, -0.2) is 35.2 Å². The van der Waals surface area contributed by atoms with Crippen LogP contribution in [0.2, 0.25) is 0 Å². The summed E-state index contributed by atoms with van der Waals surface area (Å²) in [6.07, 6.45) is 2.16. The molecule has 0 fully saturated rings. The number of fused-ring (bicyclic) bond motifs is 1. The molecule has 0 bridgehead atoms. The maximum atomic E-state index is 13.0. The lowest BCUT2D eigenvalue weighted by Crippen LogP contribution is -2.48. The Morgan fingerprint density at radius 1 is 1.13 bits per heavy atom. The van der Waals surface area contributed by atoms with E-state index < -0.39 is 17.9 Å².